The Labute approximate surface area is 473 Å². The maximum absolute atomic E-state index is 7.78. The first-order valence-corrected chi connectivity index (χ1v) is 29.7. The van der Waals surface area contributed by atoms with E-state index >= 15 is 0 Å². The third-order valence-corrected chi connectivity index (χ3v) is 19.2. The van der Waals surface area contributed by atoms with Crippen molar-refractivity contribution in [2.24, 2.45) is 0 Å². The topological polar surface area (TPSA) is 19.6 Å². The summed E-state index contributed by atoms with van der Waals surface area (Å²) in [6.07, 6.45) is 4.55. The Hall–Kier alpha value is -5.48. The van der Waals surface area contributed by atoms with Crippen molar-refractivity contribution in [2.75, 3.05) is 9.80 Å². The molecule has 410 valence electrons. The van der Waals surface area contributed by atoms with Crippen molar-refractivity contribution < 1.29 is 4.42 Å². The third-order valence-electron chi connectivity index (χ3n) is 19.2. The Morgan fingerprint density at radius 2 is 0.808 bits per heavy atom. The highest BCUT2D eigenvalue weighted by Gasteiger charge is 2.42. The van der Waals surface area contributed by atoms with Crippen LogP contribution in [-0.4, -0.2) is 7.28 Å². The molecule has 1 aromatic heterocycles. The molecule has 6 aromatic carbocycles. The van der Waals surface area contributed by atoms with Gasteiger partial charge in [0.25, 0.3) is 0 Å². The SMILES string of the molecule is Cc1cc(C)c(-c2cc3c(C)c(c2)N(c2cc(C(C)(C)C)cc(C(C)(C)C)c2)c2c(oc4cc5c(cc24)C(C)(C)CCC5(C)C)Bc2cc4c(cc2N3c2cc(C(C)(C)C)cc(C(C)(C)C)c2)C(C)(C)CCC4(C)C)c(C)c1. The Kier molecular flexibility index (Phi) is 12.9. The van der Waals surface area contributed by atoms with Gasteiger partial charge in [0, 0.05) is 22.4 Å². The van der Waals surface area contributed by atoms with Crippen LogP contribution in [0.3, 0.4) is 0 Å². The maximum Gasteiger partial charge on any atom is 0.244 e. The van der Waals surface area contributed by atoms with Crippen molar-refractivity contribution in [3.63, 3.8) is 0 Å². The quantitative estimate of drug-likeness (QED) is 0.164. The van der Waals surface area contributed by atoms with Gasteiger partial charge in [-0.3, -0.25) is 0 Å². The van der Waals surface area contributed by atoms with Gasteiger partial charge in [0.1, 0.15) is 5.58 Å². The lowest BCUT2D eigenvalue weighted by Gasteiger charge is -2.44. The van der Waals surface area contributed by atoms with Gasteiger partial charge in [-0.2, -0.15) is 0 Å². The molecule has 2 heterocycles. The Bertz CT molecular complexity index is 3490. The molecule has 78 heavy (non-hydrogen) atoms. The average Bonchev–Trinajstić information content (AvgIpc) is 3.86. The highest BCUT2D eigenvalue weighted by Crippen LogP contribution is 2.55. The predicted molar refractivity (Wildman–Crippen MR) is 342 cm³/mol. The second kappa shape index (κ2) is 18.0. The zero-order chi connectivity index (χ0) is 57.2. The van der Waals surface area contributed by atoms with Crippen LogP contribution < -0.4 is 20.9 Å². The van der Waals surface area contributed by atoms with Gasteiger partial charge in [0.2, 0.25) is 7.28 Å². The molecule has 2 aliphatic carbocycles. The fraction of sp³-hybridized carbons (Fsp3) is 0.486. The van der Waals surface area contributed by atoms with Gasteiger partial charge in [-0.1, -0.05) is 180 Å². The number of rotatable bonds is 3. The Morgan fingerprint density at radius 1 is 0.423 bits per heavy atom. The van der Waals surface area contributed by atoms with Crippen molar-refractivity contribution in [1.29, 1.82) is 0 Å². The molecule has 2 bridgehead atoms. The largest absolute Gasteiger partial charge is 0.469 e. The summed E-state index contributed by atoms with van der Waals surface area (Å²) in [5, 5.41) is 1.19. The Morgan fingerprint density at radius 3 is 1.24 bits per heavy atom. The monoisotopic (exact) mass is 1040 g/mol. The number of hydrogen-bond donors (Lipinski definition) is 0. The molecule has 0 saturated heterocycles. The van der Waals surface area contributed by atoms with Crippen LogP contribution in [0.1, 0.15) is 231 Å². The summed E-state index contributed by atoms with van der Waals surface area (Å²) in [4.78, 5) is 5.39. The van der Waals surface area contributed by atoms with Gasteiger partial charge in [-0.05, 0) is 224 Å². The van der Waals surface area contributed by atoms with Crippen LogP contribution >= 0.6 is 0 Å². The summed E-state index contributed by atoms with van der Waals surface area (Å²) >= 11 is 0. The van der Waals surface area contributed by atoms with E-state index in [1.807, 2.05) is 0 Å². The summed E-state index contributed by atoms with van der Waals surface area (Å²) in [6.45, 7) is 57.6. The van der Waals surface area contributed by atoms with Crippen molar-refractivity contribution in [3.05, 3.63) is 152 Å². The average molecular weight is 1040 g/mol. The molecule has 1 aliphatic heterocycles. The molecule has 7 aromatic rings. The highest BCUT2D eigenvalue weighted by atomic mass is 16.3. The minimum absolute atomic E-state index is 0.00286. The van der Waals surface area contributed by atoms with Crippen LogP contribution in [0.4, 0.5) is 34.1 Å². The second-order valence-corrected chi connectivity index (χ2v) is 31.6. The van der Waals surface area contributed by atoms with Gasteiger partial charge >= 0.3 is 0 Å². The lowest BCUT2D eigenvalue weighted by molar-refractivity contribution is 0.332. The fourth-order valence-corrected chi connectivity index (χ4v) is 13.7. The number of hydrogen-bond acceptors (Lipinski definition) is 3. The molecule has 0 unspecified atom stereocenters. The number of aryl methyl sites for hydroxylation is 3. The molecular weight excluding hydrogens is 944 g/mol. The van der Waals surface area contributed by atoms with Crippen molar-refractivity contribution >= 4 is 63.5 Å². The lowest BCUT2D eigenvalue weighted by Crippen LogP contribution is -2.39. The van der Waals surface area contributed by atoms with E-state index in [1.165, 1.54) is 117 Å². The van der Waals surface area contributed by atoms with Crippen LogP contribution in [0.25, 0.3) is 22.1 Å². The molecular formula is C74H95BN2O. The lowest BCUT2D eigenvalue weighted by atomic mass is 9.59. The van der Waals surface area contributed by atoms with Gasteiger partial charge < -0.3 is 14.2 Å². The van der Waals surface area contributed by atoms with E-state index in [4.69, 9.17) is 4.42 Å². The van der Waals surface area contributed by atoms with Crippen LogP contribution in [-0.2, 0) is 43.3 Å². The number of furan rings is 1. The standard InChI is InChI=1S/C74H95BN2O/c1-43-29-44(2)64(45(3)30-43)47-31-60-46(4)61(32-47)77(53-37-50(69(11,12)13)34-51(38-53)70(14,15)16)65-54-39-55-58(74(23,24)28-25-71(55,17)18)42-63(54)78-66(65)75-59-40-56-57(73(21,22)27-26-72(56,19)20)41-62(59)76(60)52-35-48(67(5,6)7)33-49(36-52)68(8,9)10/h29-42,75H,25-28H2,1-24H3. The molecule has 0 saturated carbocycles. The van der Waals surface area contributed by atoms with Crippen LogP contribution in [0.15, 0.2) is 89.3 Å². The number of anilines is 6. The minimum atomic E-state index is -0.112. The number of fused-ring (bicyclic) bond motifs is 8. The van der Waals surface area contributed by atoms with Crippen LogP contribution in [0, 0.1) is 27.7 Å². The third kappa shape index (κ3) is 9.59. The zero-order valence-electron chi connectivity index (χ0n) is 52.9. The van der Waals surface area contributed by atoms with Gasteiger partial charge in [0.05, 0.1) is 22.7 Å². The van der Waals surface area contributed by atoms with E-state index < -0.39 is 0 Å². The molecule has 0 amide bonds. The van der Waals surface area contributed by atoms with E-state index in [0.717, 1.165) is 42.6 Å². The molecule has 0 N–H and O–H groups in total. The van der Waals surface area contributed by atoms with E-state index in [-0.39, 0.29) is 43.3 Å². The molecule has 0 radical (unpaired) electrons. The van der Waals surface area contributed by atoms with E-state index in [9.17, 15) is 0 Å². The predicted octanol–water partition coefficient (Wildman–Crippen LogP) is 19.9. The van der Waals surface area contributed by atoms with Gasteiger partial charge in [-0.15, -0.1) is 0 Å². The summed E-state index contributed by atoms with van der Waals surface area (Å²) in [5.74, 6) is 0. The summed E-state index contributed by atoms with van der Waals surface area (Å²) in [5.41, 5.74) is 28.7. The van der Waals surface area contributed by atoms with E-state index in [0.29, 0.717) is 7.28 Å². The zero-order valence-corrected chi connectivity index (χ0v) is 52.9. The summed E-state index contributed by atoms with van der Waals surface area (Å²) < 4.78 is 7.78. The van der Waals surface area contributed by atoms with Gasteiger partial charge in [0.15, 0.2) is 0 Å². The molecule has 0 spiro atoms. The first kappa shape index (κ1) is 55.8. The molecule has 3 aliphatic rings. The van der Waals surface area contributed by atoms with Crippen LogP contribution in [0.2, 0.25) is 0 Å². The Balaban J connectivity index is 1.48. The minimum Gasteiger partial charge on any atom is -0.469 e. The summed E-state index contributed by atoms with van der Waals surface area (Å²) in [6, 6.07) is 35.2. The van der Waals surface area contributed by atoms with E-state index in [1.54, 1.807) is 0 Å². The smallest absolute Gasteiger partial charge is 0.244 e. The first-order valence-electron chi connectivity index (χ1n) is 29.7. The summed E-state index contributed by atoms with van der Waals surface area (Å²) in [7, 11) is 0.621. The van der Waals surface area contributed by atoms with Crippen molar-refractivity contribution in [2.45, 2.75) is 235 Å². The normalized spacial score (nSPS) is 17.7. The molecule has 3 nitrogen and oxygen atoms in total. The molecule has 10 rings (SSSR count). The molecule has 0 atom stereocenters. The molecule has 4 heteroatoms. The van der Waals surface area contributed by atoms with E-state index in [2.05, 4.69) is 261 Å². The maximum atomic E-state index is 7.78. The van der Waals surface area contributed by atoms with Crippen molar-refractivity contribution in [1.82, 2.24) is 0 Å². The fourth-order valence-electron chi connectivity index (χ4n) is 13.7. The highest BCUT2D eigenvalue weighted by molar-refractivity contribution is 6.70. The number of benzene rings is 6. The number of nitrogens with zero attached hydrogens (tertiary/aromatic N) is 2. The first-order chi connectivity index (χ1) is 35.8. The van der Waals surface area contributed by atoms with Crippen LogP contribution in [0.5, 0.6) is 0 Å². The molecule has 0 fully saturated rings. The van der Waals surface area contributed by atoms with Gasteiger partial charge in [-0.25, -0.2) is 0 Å². The second-order valence-electron chi connectivity index (χ2n) is 31.6. The van der Waals surface area contributed by atoms with Crippen molar-refractivity contribution in [3.8, 4) is 11.1 Å².